The molecule has 0 heterocycles. The van der Waals surface area contributed by atoms with E-state index >= 15 is 0 Å². The van der Waals surface area contributed by atoms with E-state index in [9.17, 15) is 21.6 Å². The van der Waals surface area contributed by atoms with E-state index < -0.39 is 26.7 Å². The average Bonchev–Trinajstić information content (AvgIpc) is 2.46. The van der Waals surface area contributed by atoms with Gasteiger partial charge in [0.2, 0.25) is 10.0 Å². The Morgan fingerprint density at radius 2 is 1.91 bits per heavy atom. The van der Waals surface area contributed by atoms with E-state index in [2.05, 4.69) is 0 Å². The molecule has 0 bridgehead atoms. The molecule has 0 fully saturated rings. The Morgan fingerprint density at radius 3 is 2.43 bits per heavy atom. The Labute approximate surface area is 139 Å². The van der Waals surface area contributed by atoms with Crippen molar-refractivity contribution in [1.29, 1.82) is 0 Å². The minimum Gasteiger partial charge on any atom is -0.383 e. The van der Waals surface area contributed by atoms with E-state index in [1.807, 2.05) is 6.92 Å². The zero-order valence-electron chi connectivity index (χ0n) is 12.9. The molecule has 23 heavy (non-hydrogen) atoms. The summed E-state index contributed by atoms with van der Waals surface area (Å²) in [7, 11) is -2.72. The highest BCUT2D eigenvalue weighted by atomic mass is 35.5. The summed E-state index contributed by atoms with van der Waals surface area (Å²) in [6, 6.07) is 2.28. The summed E-state index contributed by atoms with van der Waals surface area (Å²) < 4.78 is 69.8. The molecule has 4 nitrogen and oxygen atoms in total. The highest BCUT2D eigenvalue weighted by Gasteiger charge is 2.34. The lowest BCUT2D eigenvalue weighted by atomic mass is 10.2. The number of hydrogen-bond acceptors (Lipinski definition) is 3. The number of nitrogens with zero attached hydrogens (tertiary/aromatic N) is 1. The average molecular weight is 374 g/mol. The first kappa shape index (κ1) is 20.2. The summed E-state index contributed by atoms with van der Waals surface area (Å²) in [5, 5.41) is -0.239. The predicted octanol–water partition coefficient (Wildman–Crippen LogP) is 3.80. The minimum atomic E-state index is -4.64. The molecule has 132 valence electrons. The second kappa shape index (κ2) is 8.32. The number of alkyl halides is 3. The van der Waals surface area contributed by atoms with Crippen molar-refractivity contribution in [2.24, 2.45) is 0 Å². The van der Waals surface area contributed by atoms with Gasteiger partial charge in [-0.15, -0.1) is 0 Å². The maximum Gasteiger partial charge on any atom is 0.416 e. The Kier molecular flexibility index (Phi) is 7.31. The molecule has 1 aromatic rings. The zero-order valence-corrected chi connectivity index (χ0v) is 14.4. The van der Waals surface area contributed by atoms with Gasteiger partial charge in [0.05, 0.1) is 17.2 Å². The summed E-state index contributed by atoms with van der Waals surface area (Å²) in [5.74, 6) is 0. The normalized spacial score (nSPS) is 12.8. The zero-order chi connectivity index (χ0) is 17.7. The Bertz CT molecular complexity index is 612. The molecule has 0 saturated carbocycles. The van der Waals surface area contributed by atoms with Crippen LogP contribution < -0.4 is 0 Å². The fourth-order valence-corrected chi connectivity index (χ4v) is 3.86. The van der Waals surface area contributed by atoms with E-state index in [1.165, 1.54) is 7.11 Å². The van der Waals surface area contributed by atoms with Crippen LogP contribution in [0, 0.1) is 0 Å². The highest BCUT2D eigenvalue weighted by molar-refractivity contribution is 7.89. The second-order valence-corrected chi connectivity index (χ2v) is 7.21. The molecule has 1 aromatic carbocycles. The van der Waals surface area contributed by atoms with Crippen molar-refractivity contribution in [3.05, 3.63) is 28.8 Å². The smallest absolute Gasteiger partial charge is 0.383 e. The topological polar surface area (TPSA) is 46.6 Å². The van der Waals surface area contributed by atoms with E-state index in [4.69, 9.17) is 16.3 Å². The van der Waals surface area contributed by atoms with Crippen LogP contribution in [0.15, 0.2) is 23.1 Å². The second-order valence-electron chi connectivity index (χ2n) is 4.89. The standard InChI is InChI=1S/C14H19ClF3NO3S/c1-3-4-7-19(8-9-22-2)23(20,21)13-10-11(14(16,17)18)5-6-12(13)15/h5-6,10H,3-4,7-9H2,1-2H3. The molecular formula is C14H19ClF3NO3S. The van der Waals surface area contributed by atoms with Crippen molar-refractivity contribution < 1.29 is 26.3 Å². The quantitative estimate of drug-likeness (QED) is 0.696. The van der Waals surface area contributed by atoms with Gasteiger partial charge in [0, 0.05) is 20.2 Å². The van der Waals surface area contributed by atoms with Gasteiger partial charge in [-0.25, -0.2) is 8.42 Å². The molecule has 0 unspecified atom stereocenters. The molecule has 0 aliphatic rings. The van der Waals surface area contributed by atoms with Crippen molar-refractivity contribution in [2.75, 3.05) is 26.8 Å². The van der Waals surface area contributed by atoms with E-state index in [0.717, 1.165) is 22.9 Å². The molecule has 0 amide bonds. The first-order chi connectivity index (χ1) is 10.6. The molecule has 0 saturated heterocycles. The van der Waals surface area contributed by atoms with Crippen molar-refractivity contribution in [2.45, 2.75) is 30.8 Å². The third-order valence-corrected chi connectivity index (χ3v) is 5.56. The summed E-state index contributed by atoms with van der Waals surface area (Å²) in [6.07, 6.45) is -3.31. The fraction of sp³-hybridized carbons (Fsp3) is 0.571. The van der Waals surface area contributed by atoms with Crippen LogP contribution in [0.25, 0.3) is 0 Å². The number of halogens is 4. The minimum absolute atomic E-state index is 0.0470. The highest BCUT2D eigenvalue weighted by Crippen LogP contribution is 2.34. The van der Waals surface area contributed by atoms with Gasteiger partial charge >= 0.3 is 6.18 Å². The van der Waals surface area contributed by atoms with Crippen LogP contribution in [-0.2, 0) is 20.9 Å². The van der Waals surface area contributed by atoms with Crippen molar-refractivity contribution in [3.8, 4) is 0 Å². The van der Waals surface area contributed by atoms with Crippen LogP contribution in [0.3, 0.4) is 0 Å². The molecule has 0 radical (unpaired) electrons. The van der Waals surface area contributed by atoms with Crippen LogP contribution in [0.4, 0.5) is 13.2 Å². The van der Waals surface area contributed by atoms with Gasteiger partial charge in [-0.05, 0) is 24.6 Å². The summed E-state index contributed by atoms with van der Waals surface area (Å²) in [4.78, 5) is -0.541. The third-order valence-electron chi connectivity index (χ3n) is 3.18. The van der Waals surface area contributed by atoms with Gasteiger partial charge in [0.15, 0.2) is 0 Å². The maximum absolute atomic E-state index is 12.8. The first-order valence-electron chi connectivity index (χ1n) is 7.00. The molecule has 0 aliphatic carbocycles. The Balaban J connectivity index is 3.27. The number of hydrogen-bond donors (Lipinski definition) is 0. The monoisotopic (exact) mass is 373 g/mol. The van der Waals surface area contributed by atoms with Crippen molar-refractivity contribution in [3.63, 3.8) is 0 Å². The van der Waals surface area contributed by atoms with Crippen LogP contribution >= 0.6 is 11.6 Å². The molecular weight excluding hydrogens is 355 g/mol. The van der Waals surface area contributed by atoms with Gasteiger partial charge in [-0.3, -0.25) is 0 Å². The molecule has 0 spiro atoms. The van der Waals surface area contributed by atoms with Crippen LogP contribution in [0.5, 0.6) is 0 Å². The van der Waals surface area contributed by atoms with Crippen LogP contribution in [0.2, 0.25) is 5.02 Å². The number of ether oxygens (including phenoxy) is 1. The van der Waals surface area contributed by atoms with Crippen molar-refractivity contribution in [1.82, 2.24) is 4.31 Å². The number of benzene rings is 1. The van der Waals surface area contributed by atoms with Crippen LogP contribution in [-0.4, -0.2) is 39.5 Å². The summed E-state index contributed by atoms with van der Waals surface area (Å²) >= 11 is 5.84. The number of rotatable bonds is 8. The number of methoxy groups -OCH3 is 1. The predicted molar refractivity (Wildman–Crippen MR) is 82.0 cm³/mol. The lowest BCUT2D eigenvalue weighted by molar-refractivity contribution is -0.137. The van der Waals surface area contributed by atoms with E-state index in [0.29, 0.717) is 12.5 Å². The Morgan fingerprint density at radius 1 is 1.26 bits per heavy atom. The summed E-state index contributed by atoms with van der Waals surface area (Å²) in [6.45, 7) is 2.26. The molecule has 0 aromatic heterocycles. The molecule has 0 atom stereocenters. The largest absolute Gasteiger partial charge is 0.416 e. The SMILES string of the molecule is CCCCN(CCOC)S(=O)(=O)c1cc(C(F)(F)F)ccc1Cl. The van der Waals surface area contributed by atoms with E-state index in [1.54, 1.807) is 0 Å². The summed E-state index contributed by atoms with van der Waals surface area (Å²) in [5.41, 5.74) is -1.05. The molecule has 9 heteroatoms. The molecule has 0 aliphatic heterocycles. The van der Waals surface area contributed by atoms with Gasteiger partial charge in [0.1, 0.15) is 4.90 Å². The van der Waals surface area contributed by atoms with Gasteiger partial charge < -0.3 is 4.74 Å². The lowest BCUT2D eigenvalue weighted by Crippen LogP contribution is -2.35. The molecule has 1 rings (SSSR count). The van der Waals surface area contributed by atoms with Crippen LogP contribution in [0.1, 0.15) is 25.3 Å². The van der Waals surface area contributed by atoms with Crippen molar-refractivity contribution >= 4 is 21.6 Å². The third kappa shape index (κ3) is 5.34. The van der Waals surface area contributed by atoms with Gasteiger partial charge in [-0.1, -0.05) is 24.9 Å². The first-order valence-corrected chi connectivity index (χ1v) is 8.82. The lowest BCUT2D eigenvalue weighted by Gasteiger charge is -2.23. The van der Waals surface area contributed by atoms with Gasteiger partial charge in [0.25, 0.3) is 0 Å². The molecule has 0 N–H and O–H groups in total. The fourth-order valence-electron chi connectivity index (χ4n) is 1.90. The number of unbranched alkanes of at least 4 members (excludes halogenated alkanes) is 1. The maximum atomic E-state index is 12.8. The van der Waals surface area contributed by atoms with Gasteiger partial charge in [-0.2, -0.15) is 17.5 Å². The Hall–Kier alpha value is -0.830. The number of sulfonamides is 1. The van der Waals surface area contributed by atoms with E-state index in [-0.39, 0.29) is 24.7 Å².